The average Bonchev–Trinajstić information content (AvgIpc) is 2.65. The van der Waals surface area contributed by atoms with Crippen LogP contribution >= 0.6 is 34.8 Å². The second-order valence-corrected chi connectivity index (χ2v) is 7.40. The van der Waals surface area contributed by atoms with Crippen LogP contribution in [-0.2, 0) is 9.59 Å². The van der Waals surface area contributed by atoms with Gasteiger partial charge >= 0.3 is 0 Å². The van der Waals surface area contributed by atoms with E-state index in [9.17, 15) is 19.7 Å². The van der Waals surface area contributed by atoms with Crippen LogP contribution in [-0.4, -0.2) is 41.3 Å². The predicted molar refractivity (Wildman–Crippen MR) is 114 cm³/mol. The molecule has 29 heavy (non-hydrogen) atoms. The third kappa shape index (κ3) is 6.30. The SMILES string of the molecule is C[C@@H](C(=O)Nc1cc([N+](=O)[O-])ccc1Cl)N(C)CC(=O)Nc1ccc(Cl)c(Cl)c1. The molecule has 2 aromatic carbocycles. The minimum atomic E-state index is -0.718. The first-order valence-electron chi connectivity index (χ1n) is 8.28. The van der Waals surface area contributed by atoms with Crippen molar-refractivity contribution in [3.8, 4) is 0 Å². The Bertz CT molecular complexity index is 955. The molecule has 0 saturated heterocycles. The monoisotopic (exact) mass is 458 g/mol. The molecule has 154 valence electrons. The number of nitrogens with zero attached hydrogens (tertiary/aromatic N) is 2. The van der Waals surface area contributed by atoms with Crippen LogP contribution in [0, 0.1) is 10.1 Å². The van der Waals surface area contributed by atoms with Crippen LogP contribution < -0.4 is 10.6 Å². The molecule has 0 aliphatic heterocycles. The fourth-order valence-corrected chi connectivity index (χ4v) is 2.76. The summed E-state index contributed by atoms with van der Waals surface area (Å²) in [5.41, 5.74) is 0.386. The molecular weight excluding hydrogens is 443 g/mol. The van der Waals surface area contributed by atoms with E-state index in [-0.39, 0.29) is 28.8 Å². The molecule has 0 unspecified atom stereocenters. The summed E-state index contributed by atoms with van der Waals surface area (Å²) in [4.78, 5) is 36.5. The summed E-state index contributed by atoms with van der Waals surface area (Å²) in [5, 5.41) is 16.9. The predicted octanol–water partition coefficient (Wildman–Crippen LogP) is 4.45. The van der Waals surface area contributed by atoms with Crippen molar-refractivity contribution in [2.75, 3.05) is 24.2 Å². The van der Waals surface area contributed by atoms with E-state index in [0.29, 0.717) is 15.7 Å². The Hall–Kier alpha value is -2.39. The molecule has 8 nitrogen and oxygen atoms in total. The van der Waals surface area contributed by atoms with Crippen molar-refractivity contribution in [3.63, 3.8) is 0 Å². The van der Waals surface area contributed by atoms with Crippen molar-refractivity contribution in [3.05, 3.63) is 61.6 Å². The molecule has 0 spiro atoms. The molecule has 2 N–H and O–H groups in total. The number of nitro groups is 1. The van der Waals surface area contributed by atoms with Crippen LogP contribution in [0.3, 0.4) is 0 Å². The first-order chi connectivity index (χ1) is 13.6. The van der Waals surface area contributed by atoms with Gasteiger partial charge in [0, 0.05) is 17.8 Å². The third-order valence-electron chi connectivity index (χ3n) is 4.06. The minimum absolute atomic E-state index is 0.0858. The molecule has 2 amide bonds. The van der Waals surface area contributed by atoms with E-state index in [1.165, 1.54) is 29.2 Å². The molecule has 2 rings (SSSR count). The Morgan fingerprint density at radius 1 is 1.07 bits per heavy atom. The van der Waals surface area contributed by atoms with Crippen molar-refractivity contribution >= 4 is 63.7 Å². The number of hydrogen-bond donors (Lipinski definition) is 2. The van der Waals surface area contributed by atoms with Crippen LogP contribution in [0.4, 0.5) is 17.1 Å². The zero-order chi connectivity index (χ0) is 21.7. The van der Waals surface area contributed by atoms with Crippen molar-refractivity contribution < 1.29 is 14.5 Å². The number of carbonyl (C=O) groups excluding carboxylic acids is 2. The number of non-ortho nitro benzene ring substituents is 1. The van der Waals surface area contributed by atoms with E-state index >= 15 is 0 Å². The molecule has 0 bridgehead atoms. The molecule has 0 heterocycles. The van der Waals surface area contributed by atoms with Gasteiger partial charge in [0.05, 0.1) is 38.3 Å². The largest absolute Gasteiger partial charge is 0.325 e. The molecule has 0 aromatic heterocycles. The number of halogens is 3. The van der Waals surface area contributed by atoms with Gasteiger partial charge in [-0.1, -0.05) is 34.8 Å². The summed E-state index contributed by atoms with van der Waals surface area (Å²) in [5.74, 6) is -0.837. The highest BCUT2D eigenvalue weighted by atomic mass is 35.5. The Kier molecular flexibility index (Phi) is 7.80. The molecule has 11 heteroatoms. The highest BCUT2D eigenvalue weighted by Gasteiger charge is 2.22. The van der Waals surface area contributed by atoms with Crippen molar-refractivity contribution in [1.29, 1.82) is 0 Å². The van der Waals surface area contributed by atoms with Crippen LogP contribution in [0.15, 0.2) is 36.4 Å². The number of anilines is 2. The van der Waals surface area contributed by atoms with Gasteiger partial charge in [-0.15, -0.1) is 0 Å². The number of carbonyl (C=O) groups is 2. The van der Waals surface area contributed by atoms with Crippen molar-refractivity contribution in [1.82, 2.24) is 4.90 Å². The molecule has 0 radical (unpaired) electrons. The number of nitrogens with one attached hydrogen (secondary N) is 2. The Balaban J connectivity index is 1.98. The van der Waals surface area contributed by atoms with Crippen molar-refractivity contribution in [2.24, 2.45) is 0 Å². The van der Waals surface area contributed by atoms with E-state index in [2.05, 4.69) is 10.6 Å². The summed E-state index contributed by atoms with van der Waals surface area (Å²) < 4.78 is 0. The maximum atomic E-state index is 12.5. The second-order valence-electron chi connectivity index (χ2n) is 6.18. The topological polar surface area (TPSA) is 105 Å². The first-order valence-corrected chi connectivity index (χ1v) is 9.42. The van der Waals surface area contributed by atoms with E-state index in [0.717, 1.165) is 0 Å². The van der Waals surface area contributed by atoms with Crippen LogP contribution in [0.2, 0.25) is 15.1 Å². The molecular formula is C18H17Cl3N4O4. The number of rotatable bonds is 7. The fourth-order valence-electron chi connectivity index (χ4n) is 2.30. The lowest BCUT2D eigenvalue weighted by molar-refractivity contribution is -0.384. The van der Waals surface area contributed by atoms with Gasteiger partial charge in [0.1, 0.15) is 0 Å². The first kappa shape index (κ1) is 22.9. The molecule has 1 atom stereocenters. The lowest BCUT2D eigenvalue weighted by Gasteiger charge is -2.23. The number of benzene rings is 2. The molecule has 0 saturated carbocycles. The summed E-state index contributed by atoms with van der Waals surface area (Å²) in [6.07, 6.45) is 0. The Morgan fingerprint density at radius 3 is 2.34 bits per heavy atom. The number of hydrogen-bond acceptors (Lipinski definition) is 5. The van der Waals surface area contributed by atoms with Gasteiger partial charge in [-0.3, -0.25) is 24.6 Å². The summed E-state index contributed by atoms with van der Waals surface area (Å²) in [7, 11) is 1.59. The van der Waals surface area contributed by atoms with Gasteiger partial charge < -0.3 is 10.6 Å². The van der Waals surface area contributed by atoms with E-state index in [4.69, 9.17) is 34.8 Å². The van der Waals surface area contributed by atoms with Gasteiger partial charge in [0.2, 0.25) is 11.8 Å². The Labute approximate surface area is 181 Å². The number of amides is 2. The third-order valence-corrected chi connectivity index (χ3v) is 5.12. The summed E-state index contributed by atoms with van der Waals surface area (Å²) in [6, 6.07) is 7.70. The van der Waals surface area contributed by atoms with Crippen LogP contribution in [0.25, 0.3) is 0 Å². The lowest BCUT2D eigenvalue weighted by atomic mass is 10.2. The van der Waals surface area contributed by atoms with Gasteiger partial charge in [-0.2, -0.15) is 0 Å². The Morgan fingerprint density at radius 2 is 1.72 bits per heavy atom. The zero-order valence-electron chi connectivity index (χ0n) is 15.4. The lowest BCUT2D eigenvalue weighted by Crippen LogP contribution is -2.43. The number of likely N-dealkylation sites (N-methyl/N-ethyl adjacent to an activating group) is 1. The van der Waals surface area contributed by atoms with Crippen LogP contribution in [0.5, 0.6) is 0 Å². The van der Waals surface area contributed by atoms with Crippen LogP contribution in [0.1, 0.15) is 6.92 Å². The quantitative estimate of drug-likeness (QED) is 0.470. The van der Waals surface area contributed by atoms with Gasteiger partial charge in [0.15, 0.2) is 0 Å². The summed E-state index contributed by atoms with van der Waals surface area (Å²) in [6.45, 7) is 1.50. The normalized spacial score (nSPS) is 11.8. The molecule has 0 aliphatic rings. The van der Waals surface area contributed by atoms with Gasteiger partial charge in [-0.25, -0.2) is 0 Å². The smallest absolute Gasteiger partial charge is 0.271 e. The number of nitro benzene ring substituents is 1. The highest BCUT2D eigenvalue weighted by molar-refractivity contribution is 6.42. The fraction of sp³-hybridized carbons (Fsp3) is 0.222. The van der Waals surface area contributed by atoms with E-state index in [1.54, 1.807) is 26.1 Å². The molecule has 0 aliphatic carbocycles. The summed E-state index contributed by atoms with van der Waals surface area (Å²) >= 11 is 17.7. The standard InChI is InChI=1S/C18H17Cl3N4O4/c1-10(18(27)23-16-8-12(25(28)29)4-6-14(16)20)24(2)9-17(26)22-11-3-5-13(19)15(21)7-11/h3-8,10H,9H2,1-2H3,(H,22,26)(H,23,27)/t10-/m0/s1. The average molecular weight is 460 g/mol. The molecule has 0 fully saturated rings. The second kappa shape index (κ2) is 9.89. The minimum Gasteiger partial charge on any atom is -0.325 e. The van der Waals surface area contributed by atoms with Crippen molar-refractivity contribution in [2.45, 2.75) is 13.0 Å². The van der Waals surface area contributed by atoms with E-state index in [1.807, 2.05) is 0 Å². The van der Waals surface area contributed by atoms with Gasteiger partial charge in [0.25, 0.3) is 5.69 Å². The zero-order valence-corrected chi connectivity index (χ0v) is 17.7. The maximum absolute atomic E-state index is 12.5. The maximum Gasteiger partial charge on any atom is 0.271 e. The highest BCUT2D eigenvalue weighted by Crippen LogP contribution is 2.27. The van der Waals surface area contributed by atoms with E-state index < -0.39 is 16.9 Å². The molecule has 2 aromatic rings. The van der Waals surface area contributed by atoms with Gasteiger partial charge in [-0.05, 0) is 38.2 Å².